The van der Waals surface area contributed by atoms with E-state index in [9.17, 15) is 31.1 Å². The Morgan fingerprint density at radius 3 is 2.11 bits per heavy atom. The van der Waals surface area contributed by atoms with Crippen LogP contribution in [0.4, 0.5) is 26.3 Å². The quantitative estimate of drug-likeness (QED) is 0.772. The number of halogens is 6. The van der Waals surface area contributed by atoms with Crippen molar-refractivity contribution in [2.75, 3.05) is 6.54 Å². The summed E-state index contributed by atoms with van der Waals surface area (Å²) < 4.78 is 71.9. The zero-order valence-corrected chi connectivity index (χ0v) is 9.16. The van der Waals surface area contributed by atoms with Crippen LogP contribution in [0.25, 0.3) is 0 Å². The van der Waals surface area contributed by atoms with Crippen molar-refractivity contribution in [3.8, 4) is 0 Å². The number of alkyl halides is 6. The lowest BCUT2D eigenvalue weighted by molar-refractivity contribution is -0.174. The van der Waals surface area contributed by atoms with Crippen LogP contribution in [0.3, 0.4) is 0 Å². The summed E-state index contributed by atoms with van der Waals surface area (Å²) in [4.78, 5) is 10.7. The highest BCUT2D eigenvalue weighted by Crippen LogP contribution is 2.23. The Bertz CT molecular complexity index is 300. The van der Waals surface area contributed by atoms with E-state index in [1.807, 2.05) is 0 Å². The summed E-state index contributed by atoms with van der Waals surface area (Å²) >= 11 is 0. The molecule has 1 amide bonds. The maximum atomic E-state index is 12.0. The highest BCUT2D eigenvalue weighted by Gasteiger charge is 2.42. The van der Waals surface area contributed by atoms with E-state index in [-0.39, 0.29) is 6.42 Å². The highest BCUT2D eigenvalue weighted by atomic mass is 19.4. The van der Waals surface area contributed by atoms with Gasteiger partial charge >= 0.3 is 18.3 Å². The topological polar surface area (TPSA) is 41.1 Å². The lowest BCUT2D eigenvalue weighted by Crippen LogP contribution is -2.51. The van der Waals surface area contributed by atoms with E-state index in [2.05, 4.69) is 5.32 Å². The van der Waals surface area contributed by atoms with Gasteiger partial charge in [-0.25, -0.2) is 0 Å². The van der Waals surface area contributed by atoms with Gasteiger partial charge in [-0.05, 0) is 19.3 Å². The molecule has 18 heavy (non-hydrogen) atoms. The Kier molecular flexibility index (Phi) is 4.46. The van der Waals surface area contributed by atoms with Crippen LogP contribution < -0.4 is 10.6 Å². The Labute approximate surface area is 98.9 Å². The summed E-state index contributed by atoms with van der Waals surface area (Å²) in [5.41, 5.74) is 0. The van der Waals surface area contributed by atoms with Crippen LogP contribution in [0, 0.1) is 0 Å². The van der Waals surface area contributed by atoms with Crippen molar-refractivity contribution in [3.63, 3.8) is 0 Å². The molecule has 1 saturated carbocycles. The summed E-state index contributed by atoms with van der Waals surface area (Å²) in [6, 6.07) is -1.70. The molecule has 0 aromatic heterocycles. The molecule has 0 unspecified atom stereocenters. The average Bonchev–Trinajstić information content (AvgIpc) is 2.59. The summed E-state index contributed by atoms with van der Waals surface area (Å²) in [5.74, 6) is -2.12. The first kappa shape index (κ1) is 15.1. The van der Waals surface area contributed by atoms with Crippen LogP contribution in [-0.4, -0.2) is 36.9 Å². The fourth-order valence-electron chi connectivity index (χ4n) is 1.87. The van der Waals surface area contributed by atoms with Crippen molar-refractivity contribution in [2.24, 2.45) is 0 Å². The Balaban J connectivity index is 2.48. The maximum absolute atomic E-state index is 12.0. The van der Waals surface area contributed by atoms with E-state index >= 15 is 0 Å². The van der Waals surface area contributed by atoms with Crippen molar-refractivity contribution >= 4 is 5.91 Å². The van der Waals surface area contributed by atoms with Crippen molar-refractivity contribution in [3.05, 3.63) is 0 Å². The van der Waals surface area contributed by atoms with Crippen LogP contribution in [0.2, 0.25) is 0 Å². The number of nitrogens with one attached hydrogen (secondary N) is 2. The first-order chi connectivity index (χ1) is 8.09. The molecule has 0 heterocycles. The van der Waals surface area contributed by atoms with Gasteiger partial charge in [-0.1, -0.05) is 0 Å². The number of amides is 1. The standard InChI is InChI=1S/C9H12F6N2O/c10-8(11,12)4-16-5-2-1-3-6(5)17-7(18)9(13,14)15/h5-6,16H,1-4H2,(H,17,18)/t5-,6+/m0/s1. The molecule has 0 radical (unpaired) electrons. The van der Waals surface area contributed by atoms with Gasteiger partial charge in [-0.2, -0.15) is 26.3 Å². The predicted molar refractivity (Wildman–Crippen MR) is 49.7 cm³/mol. The molecule has 1 aliphatic carbocycles. The minimum absolute atomic E-state index is 0.233. The van der Waals surface area contributed by atoms with Crippen LogP contribution in [0.1, 0.15) is 19.3 Å². The zero-order chi connectivity index (χ0) is 14.0. The molecule has 1 rings (SSSR count). The van der Waals surface area contributed by atoms with Gasteiger partial charge in [0.15, 0.2) is 0 Å². The smallest absolute Gasteiger partial charge is 0.344 e. The van der Waals surface area contributed by atoms with E-state index in [0.717, 1.165) is 0 Å². The molecular formula is C9H12F6N2O. The molecule has 1 aliphatic rings. The second kappa shape index (κ2) is 5.33. The number of carbonyl (C=O) groups is 1. The normalized spacial score (nSPS) is 25.2. The molecule has 0 saturated heterocycles. The lowest BCUT2D eigenvalue weighted by atomic mass is 10.1. The van der Waals surface area contributed by atoms with E-state index in [1.165, 1.54) is 0 Å². The molecular weight excluding hydrogens is 266 g/mol. The third-order valence-corrected chi connectivity index (χ3v) is 2.65. The second-order valence-corrected chi connectivity index (χ2v) is 4.11. The zero-order valence-electron chi connectivity index (χ0n) is 9.16. The minimum Gasteiger partial charge on any atom is -0.344 e. The van der Waals surface area contributed by atoms with Gasteiger partial charge in [0.2, 0.25) is 0 Å². The maximum Gasteiger partial charge on any atom is 0.471 e. The third-order valence-electron chi connectivity index (χ3n) is 2.65. The van der Waals surface area contributed by atoms with Crippen LogP contribution in [0.5, 0.6) is 0 Å². The molecule has 2 N–H and O–H groups in total. The molecule has 2 atom stereocenters. The van der Waals surface area contributed by atoms with E-state index in [1.54, 1.807) is 5.32 Å². The molecule has 0 aromatic rings. The Hall–Kier alpha value is -0.990. The Morgan fingerprint density at radius 2 is 1.61 bits per heavy atom. The third kappa shape index (κ3) is 4.71. The van der Waals surface area contributed by atoms with Gasteiger partial charge in [0.1, 0.15) is 0 Å². The lowest BCUT2D eigenvalue weighted by Gasteiger charge is -2.23. The van der Waals surface area contributed by atoms with E-state index in [4.69, 9.17) is 0 Å². The van der Waals surface area contributed by atoms with Gasteiger partial charge < -0.3 is 10.6 Å². The van der Waals surface area contributed by atoms with Gasteiger partial charge in [0.05, 0.1) is 6.54 Å². The second-order valence-electron chi connectivity index (χ2n) is 4.11. The fraction of sp³-hybridized carbons (Fsp3) is 0.889. The van der Waals surface area contributed by atoms with Crippen LogP contribution in [0.15, 0.2) is 0 Å². The molecule has 3 nitrogen and oxygen atoms in total. The Morgan fingerprint density at radius 1 is 1.06 bits per heavy atom. The van der Waals surface area contributed by atoms with Crippen molar-refractivity contribution in [1.82, 2.24) is 10.6 Å². The molecule has 9 heteroatoms. The van der Waals surface area contributed by atoms with Gasteiger partial charge in [-0.15, -0.1) is 0 Å². The number of hydrogen-bond donors (Lipinski definition) is 2. The van der Waals surface area contributed by atoms with E-state index < -0.39 is 36.9 Å². The highest BCUT2D eigenvalue weighted by molar-refractivity contribution is 5.82. The molecule has 0 aliphatic heterocycles. The van der Waals surface area contributed by atoms with E-state index in [0.29, 0.717) is 12.8 Å². The SMILES string of the molecule is O=C(N[C@@H]1CCC[C@@H]1NCC(F)(F)F)C(F)(F)F. The summed E-state index contributed by atoms with van der Waals surface area (Å²) in [5, 5.41) is 3.83. The fourth-order valence-corrected chi connectivity index (χ4v) is 1.87. The summed E-state index contributed by atoms with van der Waals surface area (Å²) in [6.45, 7) is -1.28. The molecule has 0 spiro atoms. The molecule has 0 bridgehead atoms. The van der Waals surface area contributed by atoms with Crippen molar-refractivity contribution in [2.45, 2.75) is 43.7 Å². The van der Waals surface area contributed by atoms with Crippen molar-refractivity contribution in [1.29, 1.82) is 0 Å². The first-order valence-corrected chi connectivity index (χ1v) is 5.27. The molecule has 106 valence electrons. The van der Waals surface area contributed by atoms with Crippen molar-refractivity contribution < 1.29 is 31.1 Å². The average molecular weight is 278 g/mol. The number of rotatable bonds is 3. The van der Waals surface area contributed by atoms with Gasteiger partial charge in [0.25, 0.3) is 0 Å². The summed E-state index contributed by atoms with van der Waals surface area (Å²) in [7, 11) is 0. The molecule has 0 aromatic carbocycles. The molecule has 1 fully saturated rings. The number of hydrogen-bond acceptors (Lipinski definition) is 2. The first-order valence-electron chi connectivity index (χ1n) is 5.27. The number of carbonyl (C=O) groups excluding carboxylic acids is 1. The van der Waals surface area contributed by atoms with Gasteiger partial charge in [0, 0.05) is 12.1 Å². The van der Waals surface area contributed by atoms with Gasteiger partial charge in [-0.3, -0.25) is 4.79 Å². The minimum atomic E-state index is -5.02. The monoisotopic (exact) mass is 278 g/mol. The van der Waals surface area contributed by atoms with Crippen LogP contribution in [-0.2, 0) is 4.79 Å². The summed E-state index contributed by atoms with van der Waals surface area (Å²) in [6.07, 6.45) is -8.44. The van der Waals surface area contributed by atoms with Crippen LogP contribution >= 0.6 is 0 Å². The predicted octanol–water partition coefficient (Wildman–Crippen LogP) is 1.74. The largest absolute Gasteiger partial charge is 0.471 e.